The van der Waals surface area contributed by atoms with E-state index in [2.05, 4.69) is 29.5 Å². The summed E-state index contributed by atoms with van der Waals surface area (Å²) in [6.07, 6.45) is 0. The normalized spacial score (nSPS) is 11.5. The number of guanidine groups is 1. The van der Waals surface area contributed by atoms with Gasteiger partial charge in [-0.1, -0.05) is 19.9 Å². The molecule has 2 rings (SSSR count). The maximum Gasteiger partial charge on any atom is 0.191 e. The van der Waals surface area contributed by atoms with E-state index >= 15 is 0 Å². The highest BCUT2D eigenvalue weighted by Gasteiger charge is 2.22. The van der Waals surface area contributed by atoms with Crippen LogP contribution in [-0.2, 0) is 12.0 Å². The van der Waals surface area contributed by atoms with Gasteiger partial charge >= 0.3 is 0 Å². The fourth-order valence-electron chi connectivity index (χ4n) is 2.74. The van der Waals surface area contributed by atoms with Crippen LogP contribution in [-0.4, -0.2) is 33.8 Å². The Morgan fingerprint density at radius 3 is 2.31 bits per heavy atom. The van der Waals surface area contributed by atoms with Crippen molar-refractivity contribution < 1.29 is 18.3 Å². The number of nitrogens with zero attached hydrogens (tertiary/aromatic N) is 1. The van der Waals surface area contributed by atoms with Crippen LogP contribution in [0.25, 0.3) is 0 Å². The summed E-state index contributed by atoms with van der Waals surface area (Å²) in [5, 5.41) is 6.24. The molecule has 5 nitrogen and oxygen atoms in total. The molecule has 2 aromatic rings. The van der Waals surface area contributed by atoms with Crippen molar-refractivity contribution in [2.24, 2.45) is 4.99 Å². The average molecular weight is 519 g/mol. The van der Waals surface area contributed by atoms with Gasteiger partial charge in [0.05, 0.1) is 14.2 Å². The van der Waals surface area contributed by atoms with Crippen LogP contribution in [0.2, 0.25) is 0 Å². The third-order valence-electron chi connectivity index (χ3n) is 4.54. The molecule has 0 fully saturated rings. The Morgan fingerprint density at radius 1 is 1.00 bits per heavy atom. The van der Waals surface area contributed by atoms with Gasteiger partial charge in [0.25, 0.3) is 0 Å². The van der Waals surface area contributed by atoms with Crippen molar-refractivity contribution in [3.05, 3.63) is 59.2 Å². The first-order chi connectivity index (χ1) is 13.3. The molecule has 8 heteroatoms. The van der Waals surface area contributed by atoms with Crippen LogP contribution in [0.4, 0.5) is 8.78 Å². The number of hydrogen-bond acceptors (Lipinski definition) is 3. The highest BCUT2D eigenvalue weighted by atomic mass is 127. The molecular weight excluding hydrogens is 491 g/mol. The Kier molecular flexibility index (Phi) is 9.61. The van der Waals surface area contributed by atoms with Crippen LogP contribution < -0.4 is 20.1 Å². The molecule has 29 heavy (non-hydrogen) atoms. The maximum absolute atomic E-state index is 13.8. The van der Waals surface area contributed by atoms with Crippen molar-refractivity contribution in [2.75, 3.05) is 27.8 Å². The molecule has 0 radical (unpaired) electrons. The van der Waals surface area contributed by atoms with E-state index in [-0.39, 0.29) is 41.5 Å². The molecule has 2 aromatic carbocycles. The molecule has 0 heterocycles. The van der Waals surface area contributed by atoms with Crippen LogP contribution >= 0.6 is 24.0 Å². The predicted molar refractivity (Wildman–Crippen MR) is 123 cm³/mol. The zero-order valence-corrected chi connectivity index (χ0v) is 19.6. The van der Waals surface area contributed by atoms with Crippen LogP contribution in [0, 0.1) is 11.6 Å². The van der Waals surface area contributed by atoms with E-state index in [4.69, 9.17) is 9.47 Å². The van der Waals surface area contributed by atoms with Gasteiger partial charge in [0.2, 0.25) is 0 Å². The lowest BCUT2D eigenvalue weighted by Gasteiger charge is -2.27. The Hall–Kier alpha value is -2.10. The van der Waals surface area contributed by atoms with Gasteiger partial charge in [-0.15, -0.1) is 24.0 Å². The highest BCUT2D eigenvalue weighted by molar-refractivity contribution is 14.0. The number of benzene rings is 2. The summed E-state index contributed by atoms with van der Waals surface area (Å²) < 4.78 is 37.7. The van der Waals surface area contributed by atoms with E-state index in [0.717, 1.165) is 17.7 Å². The van der Waals surface area contributed by atoms with E-state index in [1.807, 2.05) is 18.2 Å². The second-order valence-corrected chi connectivity index (χ2v) is 6.97. The Morgan fingerprint density at radius 2 is 1.69 bits per heavy atom. The first kappa shape index (κ1) is 24.9. The van der Waals surface area contributed by atoms with Crippen LogP contribution in [0.3, 0.4) is 0 Å². The number of methoxy groups -OCH3 is 2. The monoisotopic (exact) mass is 519 g/mol. The van der Waals surface area contributed by atoms with E-state index in [9.17, 15) is 8.78 Å². The largest absolute Gasteiger partial charge is 0.493 e. The summed E-state index contributed by atoms with van der Waals surface area (Å²) >= 11 is 0. The number of rotatable bonds is 7. The number of ether oxygens (including phenoxy) is 2. The quantitative estimate of drug-likeness (QED) is 0.327. The first-order valence-corrected chi connectivity index (χ1v) is 8.91. The molecule has 0 aromatic heterocycles. The molecule has 0 spiro atoms. The van der Waals surface area contributed by atoms with Crippen molar-refractivity contribution >= 4 is 29.9 Å². The van der Waals surface area contributed by atoms with Gasteiger partial charge in [0.15, 0.2) is 17.5 Å². The lowest BCUT2D eigenvalue weighted by Crippen LogP contribution is -2.43. The third kappa shape index (κ3) is 6.73. The van der Waals surface area contributed by atoms with E-state index in [1.165, 1.54) is 6.07 Å². The van der Waals surface area contributed by atoms with Gasteiger partial charge < -0.3 is 20.1 Å². The van der Waals surface area contributed by atoms with E-state index in [1.54, 1.807) is 21.3 Å². The molecule has 160 valence electrons. The smallest absolute Gasteiger partial charge is 0.191 e. The highest BCUT2D eigenvalue weighted by Crippen LogP contribution is 2.32. The molecule has 0 aliphatic heterocycles. The molecule has 0 saturated heterocycles. The third-order valence-corrected chi connectivity index (χ3v) is 4.54. The molecule has 0 aliphatic rings. The molecule has 0 amide bonds. The van der Waals surface area contributed by atoms with Crippen LogP contribution in [0.5, 0.6) is 11.5 Å². The Balaban J connectivity index is 0.00000420. The van der Waals surface area contributed by atoms with E-state index < -0.39 is 11.6 Å². The summed E-state index contributed by atoms with van der Waals surface area (Å²) in [4.78, 5) is 4.15. The minimum atomic E-state index is -0.476. The summed E-state index contributed by atoms with van der Waals surface area (Å²) in [5.41, 5.74) is 1.05. The van der Waals surface area contributed by atoms with Gasteiger partial charge in [-0.05, 0) is 35.9 Å². The van der Waals surface area contributed by atoms with Crippen molar-refractivity contribution in [3.8, 4) is 11.5 Å². The number of aliphatic imine (C=N–C) groups is 1. The van der Waals surface area contributed by atoms with Crippen LogP contribution in [0.1, 0.15) is 25.0 Å². The topological polar surface area (TPSA) is 54.9 Å². The molecule has 0 saturated carbocycles. The fourth-order valence-corrected chi connectivity index (χ4v) is 2.74. The second kappa shape index (κ2) is 11.2. The number of halogens is 3. The molecule has 2 N–H and O–H groups in total. The minimum Gasteiger partial charge on any atom is -0.493 e. The molecule has 0 atom stereocenters. The van der Waals surface area contributed by atoms with Gasteiger partial charge in [0.1, 0.15) is 11.6 Å². The summed E-state index contributed by atoms with van der Waals surface area (Å²) in [6.45, 7) is 4.86. The molecular formula is C21H28F2IN3O2. The molecule has 0 unspecified atom stereocenters. The van der Waals surface area contributed by atoms with E-state index in [0.29, 0.717) is 24.0 Å². The fraction of sp³-hybridized carbons (Fsp3) is 0.381. The second-order valence-electron chi connectivity index (χ2n) is 6.97. The van der Waals surface area contributed by atoms with Crippen molar-refractivity contribution in [1.82, 2.24) is 10.6 Å². The van der Waals surface area contributed by atoms with Gasteiger partial charge in [0, 0.05) is 31.1 Å². The Labute approximate surface area is 187 Å². The standard InChI is InChI=1S/C21H27F2N3O2.HI/c1-21(2,15-6-9-18(27-4)19(11-15)28-5)13-26-20(24-3)25-12-14-10-16(22)7-8-17(14)23;/h6-11H,12-13H2,1-5H3,(H2,24,25,26);1H. The lowest BCUT2D eigenvalue weighted by molar-refractivity contribution is 0.353. The van der Waals surface area contributed by atoms with Gasteiger partial charge in [-0.2, -0.15) is 0 Å². The average Bonchev–Trinajstić information content (AvgIpc) is 2.69. The van der Waals surface area contributed by atoms with Gasteiger partial charge in [-0.3, -0.25) is 4.99 Å². The van der Waals surface area contributed by atoms with Crippen molar-refractivity contribution in [2.45, 2.75) is 25.8 Å². The predicted octanol–water partition coefficient (Wildman–Crippen LogP) is 4.24. The SMILES string of the molecule is CN=C(NCc1cc(F)ccc1F)NCC(C)(C)c1ccc(OC)c(OC)c1.I. The first-order valence-electron chi connectivity index (χ1n) is 8.91. The summed E-state index contributed by atoms with van der Waals surface area (Å²) in [7, 11) is 4.83. The van der Waals surface area contributed by atoms with Crippen molar-refractivity contribution in [3.63, 3.8) is 0 Å². The number of hydrogen-bond donors (Lipinski definition) is 2. The minimum absolute atomic E-state index is 0. The van der Waals surface area contributed by atoms with Crippen LogP contribution in [0.15, 0.2) is 41.4 Å². The number of nitrogens with one attached hydrogen (secondary N) is 2. The Bertz CT molecular complexity index is 845. The zero-order chi connectivity index (χ0) is 20.7. The van der Waals surface area contributed by atoms with Crippen molar-refractivity contribution in [1.29, 1.82) is 0 Å². The maximum atomic E-state index is 13.8. The summed E-state index contributed by atoms with van der Waals surface area (Å²) in [6, 6.07) is 9.18. The summed E-state index contributed by atoms with van der Waals surface area (Å²) in [5.74, 6) is 0.893. The lowest BCUT2D eigenvalue weighted by atomic mass is 9.84. The van der Waals surface area contributed by atoms with Gasteiger partial charge in [-0.25, -0.2) is 8.78 Å². The molecule has 0 aliphatic carbocycles. The molecule has 0 bridgehead atoms. The zero-order valence-electron chi connectivity index (χ0n) is 17.3.